The molecule has 0 aromatic heterocycles. The summed E-state index contributed by atoms with van der Waals surface area (Å²) in [6.07, 6.45) is 4.06. The van der Waals surface area contributed by atoms with E-state index in [0.29, 0.717) is 12.8 Å². The summed E-state index contributed by atoms with van der Waals surface area (Å²) in [6, 6.07) is 9.60. The Bertz CT molecular complexity index is 708. The number of hydrogen-bond acceptors (Lipinski definition) is 5. The standard InChI is InChI=1S/C21H26O5/c1-20(2)15-11-17(21(20,3)12-16(15)25-19(24)13-22)26-18(23)10-9-14-7-5-4-6-8-14/h4-10,15-17,22H,11-13H2,1-3H3/b10-9+/t15?,16-,17+,21?/m1/s1. The van der Waals surface area contributed by atoms with Crippen molar-refractivity contribution in [2.24, 2.45) is 16.7 Å². The van der Waals surface area contributed by atoms with E-state index in [1.165, 1.54) is 6.08 Å². The summed E-state index contributed by atoms with van der Waals surface area (Å²) in [5.41, 5.74) is 0.551. The van der Waals surface area contributed by atoms with Gasteiger partial charge in [0.1, 0.15) is 18.8 Å². The summed E-state index contributed by atoms with van der Waals surface area (Å²) in [6.45, 7) is 5.76. The fourth-order valence-electron chi connectivity index (χ4n) is 4.61. The topological polar surface area (TPSA) is 72.8 Å². The zero-order valence-electron chi connectivity index (χ0n) is 15.5. The highest BCUT2D eigenvalue weighted by molar-refractivity contribution is 5.87. The van der Waals surface area contributed by atoms with E-state index in [2.05, 4.69) is 20.8 Å². The average molecular weight is 358 g/mol. The Labute approximate surface area is 154 Å². The Morgan fingerprint density at radius 1 is 1.19 bits per heavy atom. The number of benzene rings is 1. The normalized spacial score (nSPS) is 31.9. The maximum Gasteiger partial charge on any atom is 0.332 e. The molecule has 0 aliphatic heterocycles. The molecular formula is C21H26O5. The molecule has 0 heterocycles. The third kappa shape index (κ3) is 3.16. The highest BCUT2D eigenvalue weighted by Crippen LogP contribution is 2.66. The number of hydrogen-bond donors (Lipinski definition) is 1. The van der Waals surface area contributed by atoms with Gasteiger partial charge in [-0.05, 0) is 29.9 Å². The Balaban J connectivity index is 1.67. The molecule has 2 saturated carbocycles. The number of fused-ring (bicyclic) bond motifs is 2. The molecule has 0 radical (unpaired) electrons. The molecule has 2 aliphatic rings. The minimum Gasteiger partial charge on any atom is -0.460 e. The number of esters is 2. The molecule has 1 N–H and O–H groups in total. The number of carbonyl (C=O) groups excluding carboxylic acids is 2. The lowest BCUT2D eigenvalue weighted by Crippen LogP contribution is -2.39. The van der Waals surface area contributed by atoms with Gasteiger partial charge >= 0.3 is 11.9 Å². The van der Waals surface area contributed by atoms with Crippen molar-refractivity contribution in [3.8, 4) is 0 Å². The predicted molar refractivity (Wildman–Crippen MR) is 96.9 cm³/mol. The molecule has 0 amide bonds. The summed E-state index contributed by atoms with van der Waals surface area (Å²) >= 11 is 0. The van der Waals surface area contributed by atoms with E-state index in [1.54, 1.807) is 6.08 Å². The molecule has 2 fully saturated rings. The fraction of sp³-hybridized carbons (Fsp3) is 0.524. The highest BCUT2D eigenvalue weighted by Gasteiger charge is 2.67. The molecule has 2 bridgehead atoms. The van der Waals surface area contributed by atoms with E-state index in [0.717, 1.165) is 5.56 Å². The Morgan fingerprint density at radius 3 is 2.46 bits per heavy atom. The van der Waals surface area contributed by atoms with Gasteiger partial charge in [-0.1, -0.05) is 51.1 Å². The van der Waals surface area contributed by atoms with Gasteiger partial charge in [-0.3, -0.25) is 0 Å². The first kappa shape index (κ1) is 18.6. The van der Waals surface area contributed by atoms with Crippen molar-refractivity contribution in [1.82, 2.24) is 0 Å². The molecule has 26 heavy (non-hydrogen) atoms. The van der Waals surface area contributed by atoms with Crippen LogP contribution in [0.2, 0.25) is 0 Å². The van der Waals surface area contributed by atoms with Gasteiger partial charge in [-0.15, -0.1) is 0 Å². The van der Waals surface area contributed by atoms with Gasteiger partial charge < -0.3 is 14.6 Å². The van der Waals surface area contributed by atoms with E-state index >= 15 is 0 Å². The average Bonchev–Trinajstić information content (AvgIpc) is 2.92. The van der Waals surface area contributed by atoms with Gasteiger partial charge in [0.05, 0.1) is 0 Å². The molecule has 2 aliphatic carbocycles. The summed E-state index contributed by atoms with van der Waals surface area (Å²) in [5, 5.41) is 8.93. The van der Waals surface area contributed by atoms with Crippen LogP contribution in [0.25, 0.3) is 6.08 Å². The molecule has 1 aromatic carbocycles. The fourth-order valence-corrected chi connectivity index (χ4v) is 4.61. The lowest BCUT2D eigenvalue weighted by molar-refractivity contribution is -0.161. The van der Waals surface area contributed by atoms with Gasteiger partial charge in [0, 0.05) is 17.4 Å². The second-order valence-electron chi connectivity index (χ2n) is 8.04. The first-order valence-corrected chi connectivity index (χ1v) is 9.02. The van der Waals surface area contributed by atoms with Crippen molar-refractivity contribution in [1.29, 1.82) is 0 Å². The van der Waals surface area contributed by atoms with Crippen molar-refractivity contribution in [2.45, 2.75) is 45.8 Å². The maximum absolute atomic E-state index is 12.3. The molecule has 0 saturated heterocycles. The van der Waals surface area contributed by atoms with E-state index in [1.807, 2.05) is 30.3 Å². The van der Waals surface area contributed by atoms with Crippen LogP contribution in [0.1, 0.15) is 39.2 Å². The second-order valence-corrected chi connectivity index (χ2v) is 8.04. The number of ether oxygens (including phenoxy) is 2. The lowest BCUT2D eigenvalue weighted by Gasteiger charge is -2.38. The van der Waals surface area contributed by atoms with Crippen LogP contribution in [0.3, 0.4) is 0 Å². The predicted octanol–water partition coefficient (Wildman–Crippen LogP) is 2.97. The second kappa shape index (κ2) is 6.88. The number of aliphatic hydroxyl groups excluding tert-OH is 1. The molecule has 3 rings (SSSR count). The molecule has 0 spiro atoms. The highest BCUT2D eigenvalue weighted by atomic mass is 16.6. The van der Waals surface area contributed by atoms with Crippen LogP contribution >= 0.6 is 0 Å². The van der Waals surface area contributed by atoms with E-state index in [9.17, 15) is 9.59 Å². The number of aliphatic hydroxyl groups is 1. The molecule has 5 nitrogen and oxygen atoms in total. The van der Waals surface area contributed by atoms with E-state index in [-0.39, 0.29) is 34.9 Å². The van der Waals surface area contributed by atoms with Crippen LogP contribution in [-0.2, 0) is 19.1 Å². The number of carbonyl (C=O) groups is 2. The Hall–Kier alpha value is -2.14. The molecular weight excluding hydrogens is 332 g/mol. The lowest BCUT2D eigenvalue weighted by atomic mass is 9.70. The van der Waals surface area contributed by atoms with Crippen molar-refractivity contribution in [3.05, 3.63) is 42.0 Å². The minimum absolute atomic E-state index is 0.110. The summed E-state index contributed by atoms with van der Waals surface area (Å²) < 4.78 is 11.2. The quantitative estimate of drug-likeness (QED) is 0.647. The van der Waals surface area contributed by atoms with Crippen LogP contribution in [0.5, 0.6) is 0 Å². The van der Waals surface area contributed by atoms with E-state index in [4.69, 9.17) is 14.6 Å². The first-order valence-electron chi connectivity index (χ1n) is 9.02. The monoisotopic (exact) mass is 358 g/mol. The van der Waals surface area contributed by atoms with Crippen LogP contribution < -0.4 is 0 Å². The molecule has 1 aromatic rings. The largest absolute Gasteiger partial charge is 0.460 e. The molecule has 2 unspecified atom stereocenters. The Kier molecular flexibility index (Phi) is 4.93. The third-order valence-electron chi connectivity index (χ3n) is 6.53. The summed E-state index contributed by atoms with van der Waals surface area (Å²) in [7, 11) is 0. The van der Waals surface area contributed by atoms with Gasteiger partial charge in [-0.2, -0.15) is 0 Å². The summed E-state index contributed by atoms with van der Waals surface area (Å²) in [5.74, 6) is -0.840. The minimum atomic E-state index is -0.608. The van der Waals surface area contributed by atoms with Gasteiger partial charge in [0.15, 0.2) is 0 Å². The smallest absolute Gasteiger partial charge is 0.332 e. The van der Waals surface area contributed by atoms with Crippen molar-refractivity contribution < 1.29 is 24.2 Å². The zero-order chi connectivity index (χ0) is 18.9. The van der Waals surface area contributed by atoms with Gasteiger partial charge in [0.2, 0.25) is 0 Å². The molecule has 5 heteroatoms. The zero-order valence-corrected chi connectivity index (χ0v) is 15.5. The van der Waals surface area contributed by atoms with Crippen molar-refractivity contribution in [2.75, 3.05) is 6.61 Å². The third-order valence-corrected chi connectivity index (χ3v) is 6.53. The number of rotatable bonds is 5. The van der Waals surface area contributed by atoms with Gasteiger partial charge in [-0.25, -0.2) is 9.59 Å². The SMILES string of the molecule is CC1(C)C2C[C@H](OC(=O)/C=C/c3ccccc3)C1(C)C[C@H]2OC(=O)CO. The van der Waals surface area contributed by atoms with Crippen LogP contribution in [0.15, 0.2) is 36.4 Å². The molecule has 4 atom stereocenters. The first-order chi connectivity index (χ1) is 12.3. The Morgan fingerprint density at radius 2 is 1.88 bits per heavy atom. The van der Waals surface area contributed by atoms with Crippen LogP contribution in [-0.4, -0.2) is 35.9 Å². The van der Waals surface area contributed by atoms with Crippen molar-refractivity contribution in [3.63, 3.8) is 0 Å². The van der Waals surface area contributed by atoms with Crippen molar-refractivity contribution >= 4 is 18.0 Å². The van der Waals surface area contributed by atoms with E-state index < -0.39 is 12.6 Å². The van der Waals surface area contributed by atoms with Gasteiger partial charge in [0.25, 0.3) is 0 Å². The van der Waals surface area contributed by atoms with Crippen LogP contribution in [0, 0.1) is 16.7 Å². The summed E-state index contributed by atoms with van der Waals surface area (Å²) in [4.78, 5) is 23.8. The molecule has 140 valence electrons. The van der Waals surface area contributed by atoms with Crippen LogP contribution in [0.4, 0.5) is 0 Å². The maximum atomic E-state index is 12.3.